The fraction of sp³-hybridized carbons (Fsp3) is 0.235. The van der Waals surface area contributed by atoms with Crippen LogP contribution >= 0.6 is 0 Å². The summed E-state index contributed by atoms with van der Waals surface area (Å²) in [6.07, 6.45) is -4.30. The summed E-state index contributed by atoms with van der Waals surface area (Å²) in [5.41, 5.74) is 0.562. The van der Waals surface area contributed by atoms with Crippen molar-refractivity contribution < 1.29 is 18.0 Å². The van der Waals surface area contributed by atoms with Crippen LogP contribution in [0.15, 0.2) is 48.5 Å². The minimum Gasteiger partial charge on any atom is -0.339 e. The van der Waals surface area contributed by atoms with E-state index in [-0.39, 0.29) is 24.6 Å². The maximum absolute atomic E-state index is 13.3. The van der Waals surface area contributed by atoms with Crippen molar-refractivity contribution in [3.8, 4) is 0 Å². The number of halogens is 3. The summed E-state index contributed by atoms with van der Waals surface area (Å²) in [6, 6.07) is 12.4. The average Bonchev–Trinajstić information content (AvgIpc) is 2.65. The highest BCUT2D eigenvalue weighted by molar-refractivity contribution is 5.99. The van der Waals surface area contributed by atoms with E-state index in [0.29, 0.717) is 11.4 Å². The van der Waals surface area contributed by atoms with E-state index < -0.39 is 11.7 Å². The minimum atomic E-state index is -4.45. The van der Waals surface area contributed by atoms with Crippen LogP contribution in [-0.4, -0.2) is 19.5 Å². The Hall–Kier alpha value is -2.50. The molecule has 2 aromatic rings. The number of fused-ring (bicyclic) bond motifs is 1. The number of amides is 1. The number of benzene rings is 2. The molecule has 0 atom stereocenters. The van der Waals surface area contributed by atoms with Crippen molar-refractivity contribution in [1.82, 2.24) is 0 Å². The SMILES string of the molecule is CN1C(=O)CCN(c2ccccc2C(F)(F)F)c2ccccc21. The van der Waals surface area contributed by atoms with Crippen LogP contribution in [0, 0.1) is 0 Å². The number of anilines is 3. The van der Waals surface area contributed by atoms with Crippen molar-refractivity contribution in [2.45, 2.75) is 12.6 Å². The zero-order valence-electron chi connectivity index (χ0n) is 12.5. The topological polar surface area (TPSA) is 23.6 Å². The summed E-state index contributed by atoms with van der Waals surface area (Å²) in [7, 11) is 1.64. The molecular weight excluding hydrogens is 305 g/mol. The number of nitrogens with zero attached hydrogens (tertiary/aromatic N) is 2. The molecule has 0 bridgehead atoms. The zero-order valence-corrected chi connectivity index (χ0v) is 12.5. The molecule has 3 nitrogen and oxygen atoms in total. The molecule has 0 radical (unpaired) electrons. The van der Waals surface area contributed by atoms with E-state index in [1.807, 2.05) is 0 Å². The first kappa shape index (κ1) is 15.4. The van der Waals surface area contributed by atoms with Gasteiger partial charge in [-0.1, -0.05) is 24.3 Å². The Morgan fingerprint density at radius 3 is 2.13 bits per heavy atom. The maximum Gasteiger partial charge on any atom is 0.418 e. The van der Waals surface area contributed by atoms with Gasteiger partial charge in [-0.15, -0.1) is 0 Å². The number of para-hydroxylation sites is 3. The lowest BCUT2D eigenvalue weighted by Gasteiger charge is -2.28. The van der Waals surface area contributed by atoms with Crippen molar-refractivity contribution in [3.05, 3.63) is 54.1 Å². The lowest BCUT2D eigenvalue weighted by atomic mass is 10.1. The van der Waals surface area contributed by atoms with Crippen LogP contribution < -0.4 is 9.80 Å². The van der Waals surface area contributed by atoms with E-state index in [4.69, 9.17) is 0 Å². The first-order valence-electron chi connectivity index (χ1n) is 7.19. The third-order valence-electron chi connectivity index (χ3n) is 3.96. The molecule has 0 saturated carbocycles. The summed E-state index contributed by atoms with van der Waals surface area (Å²) in [6.45, 7) is 0.202. The van der Waals surface area contributed by atoms with Crippen molar-refractivity contribution in [2.24, 2.45) is 0 Å². The molecular formula is C17H15F3N2O. The number of hydrogen-bond acceptors (Lipinski definition) is 2. The molecule has 0 unspecified atom stereocenters. The van der Waals surface area contributed by atoms with Crippen LogP contribution in [0.4, 0.5) is 30.2 Å². The van der Waals surface area contributed by atoms with Crippen molar-refractivity contribution in [3.63, 3.8) is 0 Å². The number of hydrogen-bond donors (Lipinski definition) is 0. The molecule has 0 aromatic heterocycles. The van der Waals surface area contributed by atoms with Gasteiger partial charge in [0.25, 0.3) is 0 Å². The fourth-order valence-corrected chi connectivity index (χ4v) is 2.80. The van der Waals surface area contributed by atoms with E-state index in [2.05, 4.69) is 0 Å². The van der Waals surface area contributed by atoms with Gasteiger partial charge in [-0.25, -0.2) is 0 Å². The molecule has 2 aromatic carbocycles. The third kappa shape index (κ3) is 2.76. The van der Waals surface area contributed by atoms with Crippen LogP contribution in [0.2, 0.25) is 0 Å². The molecule has 6 heteroatoms. The monoisotopic (exact) mass is 320 g/mol. The molecule has 1 aliphatic rings. The lowest BCUT2D eigenvalue weighted by Crippen LogP contribution is -2.25. The van der Waals surface area contributed by atoms with Gasteiger partial charge < -0.3 is 9.80 Å². The Bertz CT molecular complexity index is 743. The van der Waals surface area contributed by atoms with Gasteiger partial charge in [0.2, 0.25) is 5.91 Å². The Labute approximate surface area is 131 Å². The molecule has 0 spiro atoms. The Kier molecular flexibility index (Phi) is 3.75. The summed E-state index contributed by atoms with van der Waals surface area (Å²) >= 11 is 0. The second-order valence-electron chi connectivity index (χ2n) is 5.36. The van der Waals surface area contributed by atoms with Crippen molar-refractivity contribution >= 4 is 23.0 Å². The van der Waals surface area contributed by atoms with Gasteiger partial charge in [0.05, 0.1) is 22.6 Å². The number of alkyl halides is 3. The smallest absolute Gasteiger partial charge is 0.339 e. The van der Waals surface area contributed by atoms with Crippen LogP contribution in [0.3, 0.4) is 0 Å². The van der Waals surface area contributed by atoms with Crippen LogP contribution in [0.5, 0.6) is 0 Å². The first-order valence-corrected chi connectivity index (χ1v) is 7.19. The Balaban J connectivity index is 2.18. The Morgan fingerprint density at radius 1 is 0.913 bits per heavy atom. The quantitative estimate of drug-likeness (QED) is 0.786. The van der Waals surface area contributed by atoms with Gasteiger partial charge >= 0.3 is 6.18 Å². The highest BCUT2D eigenvalue weighted by Crippen LogP contribution is 2.42. The molecule has 0 saturated heterocycles. The normalized spacial score (nSPS) is 15.4. The van der Waals surface area contributed by atoms with E-state index in [9.17, 15) is 18.0 Å². The average molecular weight is 320 g/mol. The third-order valence-corrected chi connectivity index (χ3v) is 3.96. The van der Waals surface area contributed by atoms with Gasteiger partial charge in [-0.2, -0.15) is 13.2 Å². The molecule has 3 rings (SSSR count). The second-order valence-corrected chi connectivity index (χ2v) is 5.36. The van der Waals surface area contributed by atoms with E-state index in [1.165, 1.54) is 17.0 Å². The van der Waals surface area contributed by atoms with Crippen molar-refractivity contribution in [1.29, 1.82) is 0 Å². The van der Waals surface area contributed by atoms with E-state index in [1.54, 1.807) is 42.3 Å². The summed E-state index contributed by atoms with van der Waals surface area (Å²) in [5.74, 6) is -0.121. The number of carbonyl (C=O) groups excluding carboxylic acids is 1. The highest BCUT2D eigenvalue weighted by Gasteiger charge is 2.36. The van der Waals surface area contributed by atoms with E-state index in [0.717, 1.165) is 6.07 Å². The molecule has 0 N–H and O–H groups in total. The minimum absolute atomic E-state index is 0.0653. The number of rotatable bonds is 1. The van der Waals surface area contributed by atoms with Gasteiger partial charge in [0.15, 0.2) is 0 Å². The van der Waals surface area contributed by atoms with Crippen LogP contribution in [0.1, 0.15) is 12.0 Å². The predicted molar refractivity (Wildman–Crippen MR) is 82.9 cm³/mol. The molecule has 23 heavy (non-hydrogen) atoms. The molecule has 120 valence electrons. The largest absolute Gasteiger partial charge is 0.418 e. The fourth-order valence-electron chi connectivity index (χ4n) is 2.80. The molecule has 0 fully saturated rings. The predicted octanol–water partition coefficient (Wildman–Crippen LogP) is 4.21. The van der Waals surface area contributed by atoms with Gasteiger partial charge in [0.1, 0.15) is 0 Å². The molecule has 1 amide bonds. The Morgan fingerprint density at radius 2 is 1.48 bits per heavy atom. The standard InChI is InChI=1S/C17H15F3N2O/c1-21-14-8-4-5-9-15(14)22(11-10-16(21)23)13-7-3-2-6-12(13)17(18,19)20/h2-9H,10-11H2,1H3. The maximum atomic E-state index is 13.3. The van der Waals surface area contributed by atoms with Crippen molar-refractivity contribution in [2.75, 3.05) is 23.4 Å². The summed E-state index contributed by atoms with van der Waals surface area (Å²) in [4.78, 5) is 15.2. The molecule has 1 heterocycles. The second kappa shape index (κ2) is 5.61. The summed E-state index contributed by atoms with van der Waals surface area (Å²) < 4.78 is 40.0. The zero-order chi connectivity index (χ0) is 16.6. The van der Waals surface area contributed by atoms with E-state index >= 15 is 0 Å². The van der Waals surface area contributed by atoms with Crippen LogP contribution in [-0.2, 0) is 11.0 Å². The highest BCUT2D eigenvalue weighted by atomic mass is 19.4. The van der Waals surface area contributed by atoms with Gasteiger partial charge in [0, 0.05) is 20.0 Å². The lowest BCUT2D eigenvalue weighted by molar-refractivity contribution is -0.137. The van der Waals surface area contributed by atoms with Gasteiger partial charge in [-0.3, -0.25) is 4.79 Å². The number of carbonyl (C=O) groups is 1. The molecule has 1 aliphatic heterocycles. The molecule has 0 aliphatic carbocycles. The van der Waals surface area contributed by atoms with Gasteiger partial charge in [-0.05, 0) is 24.3 Å². The first-order chi connectivity index (χ1) is 10.9. The summed E-state index contributed by atoms with van der Waals surface area (Å²) in [5, 5.41) is 0. The van der Waals surface area contributed by atoms with Crippen LogP contribution in [0.25, 0.3) is 0 Å².